The molecule has 2 rings (SSSR count). The van der Waals surface area contributed by atoms with Gasteiger partial charge in [0.15, 0.2) is 0 Å². The molecule has 20 heavy (non-hydrogen) atoms. The lowest BCUT2D eigenvalue weighted by Gasteiger charge is -2.40. The Labute approximate surface area is 124 Å². The zero-order valence-electron chi connectivity index (χ0n) is 13.4. The second-order valence-electron chi connectivity index (χ2n) is 7.24. The quantitative estimate of drug-likeness (QED) is 0.806. The Balaban J connectivity index is 2.06. The number of hydrogen-bond donors (Lipinski definition) is 1. The summed E-state index contributed by atoms with van der Waals surface area (Å²) >= 11 is 0. The third-order valence-corrected chi connectivity index (χ3v) is 5.68. The molecule has 3 heteroatoms. The van der Waals surface area contributed by atoms with E-state index >= 15 is 0 Å². The monoisotopic (exact) mass is 280 g/mol. The number of amides is 1. The van der Waals surface area contributed by atoms with E-state index in [1.165, 1.54) is 38.5 Å². The van der Waals surface area contributed by atoms with Crippen molar-refractivity contribution in [2.24, 2.45) is 17.1 Å². The zero-order chi connectivity index (χ0) is 14.6. The summed E-state index contributed by atoms with van der Waals surface area (Å²) in [5.74, 6) is 1.09. The van der Waals surface area contributed by atoms with E-state index in [1.54, 1.807) is 0 Å². The first-order chi connectivity index (χ1) is 9.59. The molecule has 0 aromatic heterocycles. The highest BCUT2D eigenvalue weighted by Gasteiger charge is 2.41. The number of carbonyl (C=O) groups excluding carboxylic acids is 1. The van der Waals surface area contributed by atoms with Crippen LogP contribution in [-0.4, -0.2) is 30.4 Å². The van der Waals surface area contributed by atoms with Crippen molar-refractivity contribution in [1.29, 1.82) is 0 Å². The van der Waals surface area contributed by atoms with Crippen LogP contribution in [0.15, 0.2) is 0 Å². The minimum atomic E-state index is -0.258. The van der Waals surface area contributed by atoms with Crippen LogP contribution in [0.4, 0.5) is 0 Å². The predicted octanol–water partition coefficient (Wildman–Crippen LogP) is 3.32. The Hall–Kier alpha value is -0.570. The molecule has 2 atom stereocenters. The molecule has 0 bridgehead atoms. The van der Waals surface area contributed by atoms with Crippen LogP contribution < -0.4 is 5.73 Å². The van der Waals surface area contributed by atoms with Gasteiger partial charge >= 0.3 is 0 Å². The van der Waals surface area contributed by atoms with Crippen LogP contribution in [0.5, 0.6) is 0 Å². The lowest BCUT2D eigenvalue weighted by atomic mass is 9.77. The van der Waals surface area contributed by atoms with E-state index in [2.05, 4.69) is 11.8 Å². The normalized spacial score (nSPS) is 30.6. The molecule has 2 unspecified atom stereocenters. The molecule has 116 valence electrons. The highest BCUT2D eigenvalue weighted by Crippen LogP contribution is 2.37. The first-order valence-electron chi connectivity index (χ1n) is 8.56. The van der Waals surface area contributed by atoms with Gasteiger partial charge in [-0.3, -0.25) is 4.79 Å². The second kappa shape index (κ2) is 6.93. The van der Waals surface area contributed by atoms with E-state index in [0.717, 1.165) is 31.6 Å². The van der Waals surface area contributed by atoms with Crippen molar-refractivity contribution in [3.8, 4) is 0 Å². The number of carbonyl (C=O) groups is 1. The number of rotatable bonds is 3. The van der Waals surface area contributed by atoms with Gasteiger partial charge in [-0.25, -0.2) is 0 Å². The second-order valence-corrected chi connectivity index (χ2v) is 7.24. The average Bonchev–Trinajstić information content (AvgIpc) is 2.72. The maximum absolute atomic E-state index is 13.1. The zero-order valence-corrected chi connectivity index (χ0v) is 13.4. The molecular weight excluding hydrogens is 248 g/mol. The van der Waals surface area contributed by atoms with Crippen molar-refractivity contribution in [3.05, 3.63) is 0 Å². The van der Waals surface area contributed by atoms with E-state index < -0.39 is 0 Å². The largest absolute Gasteiger partial charge is 0.342 e. The Bertz CT molecular complexity index is 321. The fourth-order valence-electron chi connectivity index (χ4n) is 4.20. The maximum Gasteiger partial charge on any atom is 0.230 e. The summed E-state index contributed by atoms with van der Waals surface area (Å²) < 4.78 is 0. The lowest BCUT2D eigenvalue weighted by molar-refractivity contribution is -0.144. The van der Waals surface area contributed by atoms with Crippen molar-refractivity contribution in [2.75, 3.05) is 13.6 Å². The van der Waals surface area contributed by atoms with Crippen LogP contribution in [0.2, 0.25) is 0 Å². The first-order valence-corrected chi connectivity index (χ1v) is 8.56. The summed E-state index contributed by atoms with van der Waals surface area (Å²) in [5, 5.41) is 0. The van der Waals surface area contributed by atoms with Gasteiger partial charge in [-0.1, -0.05) is 45.4 Å². The van der Waals surface area contributed by atoms with Crippen LogP contribution in [0, 0.1) is 11.3 Å². The Morgan fingerprint density at radius 3 is 2.35 bits per heavy atom. The number of nitrogens with zero attached hydrogens (tertiary/aromatic N) is 1. The van der Waals surface area contributed by atoms with Gasteiger partial charge in [-0.05, 0) is 31.6 Å². The molecule has 2 aliphatic rings. The maximum atomic E-state index is 13.1. The minimum Gasteiger partial charge on any atom is -0.342 e. The van der Waals surface area contributed by atoms with Crippen molar-refractivity contribution < 1.29 is 4.79 Å². The molecule has 0 aliphatic heterocycles. The molecule has 0 heterocycles. The third kappa shape index (κ3) is 3.36. The van der Waals surface area contributed by atoms with E-state index in [1.807, 2.05) is 7.05 Å². The van der Waals surface area contributed by atoms with Crippen molar-refractivity contribution >= 4 is 5.91 Å². The summed E-state index contributed by atoms with van der Waals surface area (Å²) in [5.41, 5.74) is 5.80. The van der Waals surface area contributed by atoms with Crippen LogP contribution in [0.25, 0.3) is 0 Å². The van der Waals surface area contributed by atoms with Crippen LogP contribution in [0.1, 0.15) is 71.1 Å². The van der Waals surface area contributed by atoms with E-state index in [0.29, 0.717) is 18.5 Å². The molecule has 0 aromatic carbocycles. The van der Waals surface area contributed by atoms with Gasteiger partial charge in [0.2, 0.25) is 5.91 Å². The molecule has 1 amide bonds. The average molecular weight is 280 g/mol. The number of nitrogens with two attached hydrogens (primary N) is 1. The van der Waals surface area contributed by atoms with E-state index in [9.17, 15) is 4.79 Å². The molecule has 0 aromatic rings. The van der Waals surface area contributed by atoms with Gasteiger partial charge in [0, 0.05) is 19.6 Å². The smallest absolute Gasteiger partial charge is 0.230 e. The summed E-state index contributed by atoms with van der Waals surface area (Å²) in [6, 6.07) is 0.443. The Morgan fingerprint density at radius 1 is 1.15 bits per heavy atom. The third-order valence-electron chi connectivity index (χ3n) is 5.68. The van der Waals surface area contributed by atoms with Crippen molar-refractivity contribution in [2.45, 2.75) is 77.2 Å². The Kier molecular flexibility index (Phi) is 5.48. The SMILES string of the molecule is CC1CCCC(N(C)C(=O)C2(CN)CCCCCC2)C1. The molecule has 0 radical (unpaired) electrons. The molecule has 2 fully saturated rings. The van der Waals surface area contributed by atoms with Gasteiger partial charge in [0.25, 0.3) is 0 Å². The summed E-state index contributed by atoms with van der Waals surface area (Å²) in [4.78, 5) is 15.1. The number of hydrogen-bond acceptors (Lipinski definition) is 2. The van der Waals surface area contributed by atoms with E-state index in [-0.39, 0.29) is 5.41 Å². The fraction of sp³-hybridized carbons (Fsp3) is 0.941. The molecule has 2 N–H and O–H groups in total. The van der Waals surface area contributed by atoms with Gasteiger partial charge in [0.1, 0.15) is 0 Å². The van der Waals surface area contributed by atoms with Crippen molar-refractivity contribution in [1.82, 2.24) is 4.90 Å². The highest BCUT2D eigenvalue weighted by molar-refractivity contribution is 5.83. The van der Waals surface area contributed by atoms with Crippen LogP contribution in [-0.2, 0) is 4.79 Å². The topological polar surface area (TPSA) is 46.3 Å². The fourth-order valence-corrected chi connectivity index (χ4v) is 4.20. The Morgan fingerprint density at radius 2 is 1.80 bits per heavy atom. The van der Waals surface area contributed by atoms with Gasteiger partial charge in [0.05, 0.1) is 5.41 Å². The summed E-state index contributed by atoms with van der Waals surface area (Å²) in [6.07, 6.45) is 11.8. The lowest BCUT2D eigenvalue weighted by Crippen LogP contribution is -2.50. The van der Waals surface area contributed by atoms with Gasteiger partial charge < -0.3 is 10.6 Å². The van der Waals surface area contributed by atoms with Crippen LogP contribution in [0.3, 0.4) is 0 Å². The molecule has 0 saturated heterocycles. The van der Waals surface area contributed by atoms with Crippen molar-refractivity contribution in [3.63, 3.8) is 0 Å². The first kappa shape index (κ1) is 15.8. The standard InChI is InChI=1S/C17H32N2O/c1-14-8-7-9-15(12-14)19(2)16(20)17(13-18)10-5-3-4-6-11-17/h14-15H,3-13,18H2,1-2H3. The predicted molar refractivity (Wildman–Crippen MR) is 83.4 cm³/mol. The van der Waals surface area contributed by atoms with Gasteiger partial charge in [-0.2, -0.15) is 0 Å². The molecule has 2 saturated carbocycles. The molecule has 2 aliphatic carbocycles. The summed E-state index contributed by atoms with van der Waals surface area (Å²) in [6.45, 7) is 2.84. The molecular formula is C17H32N2O. The van der Waals surface area contributed by atoms with E-state index in [4.69, 9.17) is 5.73 Å². The van der Waals surface area contributed by atoms with Gasteiger partial charge in [-0.15, -0.1) is 0 Å². The molecule has 0 spiro atoms. The molecule has 3 nitrogen and oxygen atoms in total. The highest BCUT2D eigenvalue weighted by atomic mass is 16.2. The minimum absolute atomic E-state index is 0.258. The van der Waals surface area contributed by atoms with Crippen LogP contribution >= 0.6 is 0 Å². The summed E-state index contributed by atoms with van der Waals surface area (Å²) in [7, 11) is 2.02.